The fourth-order valence-corrected chi connectivity index (χ4v) is 3.44. The van der Waals surface area contributed by atoms with Crippen LogP contribution in [-0.2, 0) is 4.79 Å². The number of nitrogens with zero attached hydrogens (tertiary/aromatic N) is 1. The molecular formula is C19H32ClN3O. The second kappa shape index (κ2) is 9.40. The molecule has 1 saturated heterocycles. The Morgan fingerprint density at radius 3 is 2.38 bits per heavy atom. The van der Waals surface area contributed by atoms with Gasteiger partial charge in [-0.2, -0.15) is 0 Å². The van der Waals surface area contributed by atoms with Crippen molar-refractivity contribution in [2.24, 2.45) is 0 Å². The zero-order valence-electron chi connectivity index (χ0n) is 15.5. The summed E-state index contributed by atoms with van der Waals surface area (Å²) in [6, 6.07) is 9.29. The highest BCUT2D eigenvalue weighted by atomic mass is 35.5. The largest absolute Gasteiger partial charge is 0.326 e. The van der Waals surface area contributed by atoms with E-state index in [2.05, 4.69) is 56.2 Å². The number of carbonyl (C=O) groups excluding carboxylic acids is 1. The van der Waals surface area contributed by atoms with Gasteiger partial charge in [0.05, 0.1) is 0 Å². The van der Waals surface area contributed by atoms with E-state index >= 15 is 0 Å². The number of hydrogen-bond donors (Lipinski definition) is 2. The van der Waals surface area contributed by atoms with Gasteiger partial charge in [0.15, 0.2) is 0 Å². The summed E-state index contributed by atoms with van der Waals surface area (Å²) >= 11 is 0. The molecule has 0 aromatic heterocycles. The Morgan fingerprint density at radius 2 is 1.79 bits per heavy atom. The highest BCUT2D eigenvalue weighted by Crippen LogP contribution is 2.24. The molecule has 4 nitrogen and oxygen atoms in total. The third-order valence-corrected chi connectivity index (χ3v) is 4.55. The molecule has 1 aliphatic rings. The summed E-state index contributed by atoms with van der Waals surface area (Å²) in [5.41, 5.74) is 2.14. The van der Waals surface area contributed by atoms with Crippen LogP contribution in [0.1, 0.15) is 52.5 Å². The Morgan fingerprint density at radius 1 is 1.21 bits per heavy atom. The second-order valence-electron chi connectivity index (χ2n) is 7.27. The minimum Gasteiger partial charge on any atom is -0.326 e. The SMILES string of the molecule is CC1CN(C(C)CC(=O)Nc2ccccc2C(C)C)CC(C)N1.Cl. The summed E-state index contributed by atoms with van der Waals surface area (Å²) in [4.78, 5) is 14.9. The maximum atomic E-state index is 12.4. The number of carbonyl (C=O) groups is 1. The fraction of sp³-hybridized carbons (Fsp3) is 0.632. The number of piperazine rings is 1. The summed E-state index contributed by atoms with van der Waals surface area (Å²) in [5, 5.41) is 6.64. The lowest BCUT2D eigenvalue weighted by molar-refractivity contribution is -0.117. The van der Waals surface area contributed by atoms with Gasteiger partial charge in [-0.3, -0.25) is 9.69 Å². The number of hydrogen-bond acceptors (Lipinski definition) is 3. The molecule has 1 amide bonds. The standard InChI is InChI=1S/C19H31N3O.ClH/c1-13(2)17-8-6-7-9-18(17)21-19(23)10-16(5)22-11-14(3)20-15(4)12-22;/h6-9,13-16,20H,10-12H2,1-5H3,(H,21,23);1H. The van der Waals surface area contributed by atoms with Crippen molar-refractivity contribution in [1.29, 1.82) is 0 Å². The van der Waals surface area contributed by atoms with Gasteiger partial charge in [-0.25, -0.2) is 0 Å². The van der Waals surface area contributed by atoms with Crippen LogP contribution < -0.4 is 10.6 Å². The molecule has 2 N–H and O–H groups in total. The van der Waals surface area contributed by atoms with Gasteiger partial charge < -0.3 is 10.6 Å². The molecule has 3 atom stereocenters. The van der Waals surface area contributed by atoms with E-state index in [-0.39, 0.29) is 24.4 Å². The molecule has 0 radical (unpaired) electrons. The summed E-state index contributed by atoms with van der Waals surface area (Å²) < 4.78 is 0. The quantitative estimate of drug-likeness (QED) is 0.849. The molecule has 0 spiro atoms. The first-order chi connectivity index (χ1) is 10.9. The number of nitrogens with one attached hydrogen (secondary N) is 2. The Bertz CT molecular complexity index is 525. The van der Waals surface area contributed by atoms with E-state index < -0.39 is 0 Å². The number of rotatable bonds is 5. The van der Waals surface area contributed by atoms with Crippen molar-refractivity contribution >= 4 is 24.0 Å². The Labute approximate surface area is 152 Å². The van der Waals surface area contributed by atoms with E-state index in [9.17, 15) is 4.79 Å². The summed E-state index contributed by atoms with van der Waals surface area (Å²) in [5.74, 6) is 0.503. The van der Waals surface area contributed by atoms with Crippen LogP contribution in [0.2, 0.25) is 0 Å². The van der Waals surface area contributed by atoms with E-state index in [1.807, 2.05) is 18.2 Å². The Kier molecular flexibility index (Phi) is 8.20. The zero-order valence-corrected chi connectivity index (χ0v) is 16.3. The Balaban J connectivity index is 0.00000288. The van der Waals surface area contributed by atoms with E-state index in [1.54, 1.807) is 0 Å². The molecule has 24 heavy (non-hydrogen) atoms. The maximum Gasteiger partial charge on any atom is 0.225 e. The number of anilines is 1. The zero-order chi connectivity index (χ0) is 17.0. The highest BCUT2D eigenvalue weighted by Gasteiger charge is 2.26. The summed E-state index contributed by atoms with van der Waals surface area (Å²) in [6.45, 7) is 12.9. The van der Waals surface area contributed by atoms with Crippen molar-refractivity contribution < 1.29 is 4.79 Å². The van der Waals surface area contributed by atoms with Crippen LogP contribution in [0.4, 0.5) is 5.69 Å². The predicted octanol–water partition coefficient (Wildman–Crippen LogP) is 3.63. The van der Waals surface area contributed by atoms with Gasteiger partial charge in [0, 0.05) is 43.3 Å². The second-order valence-corrected chi connectivity index (χ2v) is 7.27. The molecular weight excluding hydrogens is 322 g/mol. The lowest BCUT2D eigenvalue weighted by Gasteiger charge is -2.39. The minimum atomic E-state index is 0. The van der Waals surface area contributed by atoms with E-state index in [4.69, 9.17) is 0 Å². The number of benzene rings is 1. The van der Waals surface area contributed by atoms with Crippen molar-refractivity contribution in [1.82, 2.24) is 10.2 Å². The van der Waals surface area contributed by atoms with Crippen molar-refractivity contribution in [3.63, 3.8) is 0 Å². The van der Waals surface area contributed by atoms with E-state index in [0.29, 0.717) is 24.4 Å². The molecule has 1 aliphatic heterocycles. The minimum absolute atomic E-state index is 0. The maximum absolute atomic E-state index is 12.4. The molecule has 1 heterocycles. The molecule has 2 rings (SSSR count). The van der Waals surface area contributed by atoms with Gasteiger partial charge in [0.1, 0.15) is 0 Å². The smallest absolute Gasteiger partial charge is 0.225 e. The van der Waals surface area contributed by atoms with Gasteiger partial charge >= 0.3 is 0 Å². The lowest BCUT2D eigenvalue weighted by atomic mass is 10.0. The predicted molar refractivity (Wildman–Crippen MR) is 104 cm³/mol. The van der Waals surface area contributed by atoms with Crippen LogP contribution in [-0.4, -0.2) is 42.0 Å². The van der Waals surface area contributed by atoms with Crippen molar-refractivity contribution in [3.05, 3.63) is 29.8 Å². The molecule has 1 aromatic carbocycles. The third-order valence-electron chi connectivity index (χ3n) is 4.55. The third kappa shape index (κ3) is 5.76. The van der Waals surface area contributed by atoms with Crippen LogP contribution in [0.15, 0.2) is 24.3 Å². The van der Waals surface area contributed by atoms with Gasteiger partial charge in [0.2, 0.25) is 5.91 Å². The van der Waals surface area contributed by atoms with Crippen molar-refractivity contribution in [2.45, 2.75) is 65.1 Å². The average Bonchev–Trinajstić information content (AvgIpc) is 2.46. The highest BCUT2D eigenvalue weighted by molar-refractivity contribution is 5.92. The van der Waals surface area contributed by atoms with Gasteiger partial charge in [-0.05, 0) is 38.3 Å². The first kappa shape index (κ1) is 20.9. The van der Waals surface area contributed by atoms with Crippen LogP contribution >= 0.6 is 12.4 Å². The molecule has 1 aromatic rings. The normalized spacial score (nSPS) is 22.8. The van der Waals surface area contributed by atoms with E-state index in [0.717, 1.165) is 18.8 Å². The van der Waals surface area contributed by atoms with Crippen molar-refractivity contribution in [3.8, 4) is 0 Å². The fourth-order valence-electron chi connectivity index (χ4n) is 3.44. The summed E-state index contributed by atoms with van der Waals surface area (Å²) in [6.07, 6.45) is 0.534. The van der Waals surface area contributed by atoms with Gasteiger partial charge in [0.25, 0.3) is 0 Å². The van der Waals surface area contributed by atoms with Crippen LogP contribution in [0.25, 0.3) is 0 Å². The topological polar surface area (TPSA) is 44.4 Å². The molecule has 3 unspecified atom stereocenters. The van der Waals surface area contributed by atoms with Gasteiger partial charge in [-0.15, -0.1) is 12.4 Å². The van der Waals surface area contributed by atoms with Crippen LogP contribution in [0, 0.1) is 0 Å². The van der Waals surface area contributed by atoms with Gasteiger partial charge in [-0.1, -0.05) is 32.0 Å². The molecule has 0 aliphatic carbocycles. The molecule has 0 bridgehead atoms. The first-order valence-electron chi connectivity index (χ1n) is 8.75. The number of amides is 1. The average molecular weight is 354 g/mol. The monoisotopic (exact) mass is 353 g/mol. The van der Waals surface area contributed by atoms with Crippen LogP contribution in [0.5, 0.6) is 0 Å². The van der Waals surface area contributed by atoms with Crippen molar-refractivity contribution in [2.75, 3.05) is 18.4 Å². The van der Waals surface area contributed by atoms with E-state index in [1.165, 1.54) is 5.56 Å². The number of halogens is 1. The van der Waals surface area contributed by atoms with Crippen LogP contribution in [0.3, 0.4) is 0 Å². The molecule has 5 heteroatoms. The first-order valence-corrected chi connectivity index (χ1v) is 8.75. The molecule has 1 fully saturated rings. The Hall–Kier alpha value is -1.10. The molecule has 0 saturated carbocycles. The lowest BCUT2D eigenvalue weighted by Crippen LogP contribution is -2.56. The number of para-hydroxylation sites is 1. The summed E-state index contributed by atoms with van der Waals surface area (Å²) in [7, 11) is 0. The molecule has 136 valence electrons.